The van der Waals surface area contributed by atoms with Crippen LogP contribution in [0.4, 0.5) is 0 Å². The molecule has 0 spiro atoms. The van der Waals surface area contributed by atoms with Crippen LogP contribution in [-0.4, -0.2) is 38.8 Å². The lowest BCUT2D eigenvalue weighted by molar-refractivity contribution is 0.0749. The summed E-state index contributed by atoms with van der Waals surface area (Å²) in [5, 5.41) is 1.23. The number of carbonyl (C=O) groups is 1. The number of hydrogen-bond acceptors (Lipinski definition) is 3. The molecule has 4 aromatic rings. The van der Waals surface area contributed by atoms with Crippen LogP contribution in [0.1, 0.15) is 34.3 Å². The van der Waals surface area contributed by atoms with Crippen LogP contribution in [0, 0.1) is 12.8 Å². The van der Waals surface area contributed by atoms with Crippen molar-refractivity contribution >= 4 is 16.8 Å². The van der Waals surface area contributed by atoms with E-state index in [4.69, 9.17) is 0 Å². The molecule has 0 saturated heterocycles. The summed E-state index contributed by atoms with van der Waals surface area (Å²) in [6.07, 6.45) is 8.47. The van der Waals surface area contributed by atoms with Gasteiger partial charge in [0.2, 0.25) is 0 Å². The van der Waals surface area contributed by atoms with Gasteiger partial charge in [-0.15, -0.1) is 0 Å². The normalized spacial score (nSPS) is 13.5. The summed E-state index contributed by atoms with van der Waals surface area (Å²) < 4.78 is 0. The van der Waals surface area contributed by atoms with Crippen molar-refractivity contribution in [3.63, 3.8) is 0 Å². The van der Waals surface area contributed by atoms with Gasteiger partial charge in [-0.1, -0.05) is 42.0 Å². The Morgan fingerprint density at radius 3 is 2.87 bits per heavy atom. The molecule has 2 aromatic carbocycles. The van der Waals surface area contributed by atoms with Gasteiger partial charge in [0.05, 0.1) is 11.3 Å². The van der Waals surface area contributed by atoms with Crippen LogP contribution < -0.4 is 0 Å². The molecule has 0 unspecified atom stereocenters. The summed E-state index contributed by atoms with van der Waals surface area (Å²) in [4.78, 5) is 27.6. The van der Waals surface area contributed by atoms with Gasteiger partial charge in [-0.05, 0) is 49.8 Å². The van der Waals surface area contributed by atoms with Crippen LogP contribution in [0.2, 0.25) is 0 Å². The fourth-order valence-corrected chi connectivity index (χ4v) is 4.16. The van der Waals surface area contributed by atoms with Crippen molar-refractivity contribution < 1.29 is 4.79 Å². The van der Waals surface area contributed by atoms with Gasteiger partial charge in [-0.3, -0.25) is 4.79 Å². The minimum atomic E-state index is 0.0175. The second-order valence-corrected chi connectivity index (χ2v) is 8.46. The molecular formula is C26H26N4O. The zero-order valence-electron chi connectivity index (χ0n) is 17.7. The van der Waals surface area contributed by atoms with Gasteiger partial charge in [0.15, 0.2) is 0 Å². The molecule has 1 aliphatic rings. The minimum Gasteiger partial charge on any atom is -0.361 e. The first-order valence-electron chi connectivity index (χ1n) is 10.9. The quantitative estimate of drug-likeness (QED) is 0.465. The van der Waals surface area contributed by atoms with E-state index in [0.717, 1.165) is 29.6 Å². The number of hydrogen-bond donors (Lipinski definition) is 1. The van der Waals surface area contributed by atoms with Crippen molar-refractivity contribution in [2.75, 3.05) is 13.1 Å². The first-order valence-corrected chi connectivity index (χ1v) is 10.9. The molecule has 0 bridgehead atoms. The number of H-pyrrole nitrogens is 1. The van der Waals surface area contributed by atoms with Crippen molar-refractivity contribution in [3.8, 4) is 11.3 Å². The molecule has 1 aliphatic carbocycles. The van der Waals surface area contributed by atoms with Crippen molar-refractivity contribution in [2.45, 2.75) is 26.2 Å². The van der Waals surface area contributed by atoms with Crippen LogP contribution in [-0.2, 0) is 6.42 Å². The summed E-state index contributed by atoms with van der Waals surface area (Å²) in [6, 6.07) is 16.4. The van der Waals surface area contributed by atoms with Crippen molar-refractivity contribution in [1.29, 1.82) is 0 Å². The first kappa shape index (κ1) is 19.5. The zero-order chi connectivity index (χ0) is 21.2. The van der Waals surface area contributed by atoms with Crippen LogP contribution in [0.15, 0.2) is 67.3 Å². The second-order valence-electron chi connectivity index (χ2n) is 8.46. The lowest BCUT2D eigenvalue weighted by Gasteiger charge is -2.23. The topological polar surface area (TPSA) is 61.9 Å². The van der Waals surface area contributed by atoms with E-state index in [-0.39, 0.29) is 5.91 Å². The van der Waals surface area contributed by atoms with Gasteiger partial charge in [-0.2, -0.15) is 0 Å². The number of aromatic nitrogens is 3. The highest BCUT2D eigenvalue weighted by atomic mass is 16.2. The maximum Gasteiger partial charge on any atom is 0.257 e. The fraction of sp³-hybridized carbons (Fsp3) is 0.269. The summed E-state index contributed by atoms with van der Waals surface area (Å²) in [6.45, 7) is 3.52. The molecule has 0 aliphatic heterocycles. The van der Waals surface area contributed by atoms with Gasteiger partial charge in [-0.25, -0.2) is 9.97 Å². The average molecular weight is 411 g/mol. The predicted octanol–water partition coefficient (Wildman–Crippen LogP) is 5.03. The van der Waals surface area contributed by atoms with Crippen molar-refractivity contribution in [1.82, 2.24) is 19.9 Å². The monoisotopic (exact) mass is 410 g/mol. The van der Waals surface area contributed by atoms with E-state index in [1.165, 1.54) is 30.1 Å². The number of aromatic amines is 1. The fourth-order valence-electron chi connectivity index (χ4n) is 4.16. The number of carbonyl (C=O) groups excluding carboxylic acids is 1. The number of fused-ring (bicyclic) bond motifs is 1. The molecule has 2 aromatic heterocycles. The molecule has 5 heteroatoms. The van der Waals surface area contributed by atoms with E-state index in [0.29, 0.717) is 23.7 Å². The average Bonchev–Trinajstić information content (AvgIpc) is 3.53. The smallest absolute Gasteiger partial charge is 0.257 e. The van der Waals surface area contributed by atoms with E-state index >= 15 is 0 Å². The van der Waals surface area contributed by atoms with Crippen LogP contribution in [0.5, 0.6) is 0 Å². The Morgan fingerprint density at radius 2 is 2.03 bits per heavy atom. The number of para-hydroxylation sites is 1. The number of aryl methyl sites for hydroxylation is 1. The molecule has 1 amide bonds. The van der Waals surface area contributed by atoms with Crippen molar-refractivity contribution in [3.05, 3.63) is 83.9 Å². The van der Waals surface area contributed by atoms with Crippen molar-refractivity contribution in [2.24, 2.45) is 5.92 Å². The Balaban J connectivity index is 1.42. The molecule has 2 heterocycles. The van der Waals surface area contributed by atoms with E-state index in [2.05, 4.69) is 45.4 Å². The van der Waals surface area contributed by atoms with Gasteiger partial charge < -0.3 is 9.88 Å². The summed E-state index contributed by atoms with van der Waals surface area (Å²) >= 11 is 0. The maximum absolute atomic E-state index is 13.6. The number of nitrogens with zero attached hydrogens (tertiary/aromatic N) is 3. The largest absolute Gasteiger partial charge is 0.361 e. The minimum absolute atomic E-state index is 0.0175. The third-order valence-corrected chi connectivity index (χ3v) is 6.02. The molecule has 1 fully saturated rings. The summed E-state index contributed by atoms with van der Waals surface area (Å²) in [5.41, 5.74) is 5.75. The highest BCUT2D eigenvalue weighted by Crippen LogP contribution is 2.31. The Kier molecular flexibility index (Phi) is 5.24. The van der Waals surface area contributed by atoms with Crippen LogP contribution in [0.25, 0.3) is 22.2 Å². The predicted molar refractivity (Wildman–Crippen MR) is 123 cm³/mol. The zero-order valence-corrected chi connectivity index (χ0v) is 17.7. The third kappa shape index (κ3) is 4.22. The summed E-state index contributed by atoms with van der Waals surface area (Å²) in [5.74, 6) is 0.628. The van der Waals surface area contributed by atoms with E-state index in [1.54, 1.807) is 6.20 Å². The standard InChI is InChI=1S/C26H26N4O/c1-18-5-4-6-20(13-18)25-23(15-27-17-29-25)26(31)30(16-19-9-10-19)12-11-21-14-28-24-8-3-2-7-22(21)24/h2-8,13-15,17,19,28H,9-12,16H2,1H3. The maximum atomic E-state index is 13.6. The van der Waals surface area contributed by atoms with Gasteiger partial charge in [0.25, 0.3) is 5.91 Å². The molecule has 1 N–H and O–H groups in total. The summed E-state index contributed by atoms with van der Waals surface area (Å²) in [7, 11) is 0. The number of benzene rings is 2. The third-order valence-electron chi connectivity index (χ3n) is 6.02. The lowest BCUT2D eigenvalue weighted by Crippen LogP contribution is -2.35. The van der Waals surface area contributed by atoms with E-state index < -0.39 is 0 Å². The second kappa shape index (κ2) is 8.34. The van der Waals surface area contributed by atoms with E-state index in [9.17, 15) is 4.79 Å². The SMILES string of the molecule is Cc1cccc(-c2ncncc2C(=O)N(CCc2c[nH]c3ccccc23)CC2CC2)c1. The Labute approximate surface area is 182 Å². The Hall–Kier alpha value is -3.47. The number of rotatable bonds is 7. The van der Waals surface area contributed by atoms with Crippen LogP contribution >= 0.6 is 0 Å². The molecule has 31 heavy (non-hydrogen) atoms. The molecular weight excluding hydrogens is 384 g/mol. The molecule has 156 valence electrons. The van der Waals surface area contributed by atoms with Gasteiger partial charge in [0.1, 0.15) is 6.33 Å². The molecule has 0 atom stereocenters. The highest BCUT2D eigenvalue weighted by molar-refractivity contribution is 5.99. The molecule has 5 rings (SSSR count). The van der Waals surface area contributed by atoms with Gasteiger partial charge in [0, 0.05) is 41.9 Å². The molecule has 1 saturated carbocycles. The highest BCUT2D eigenvalue weighted by Gasteiger charge is 2.29. The number of nitrogens with one attached hydrogen (secondary N) is 1. The van der Waals surface area contributed by atoms with E-state index in [1.807, 2.05) is 36.1 Å². The first-order chi connectivity index (χ1) is 15.2. The van der Waals surface area contributed by atoms with Gasteiger partial charge >= 0.3 is 0 Å². The number of amides is 1. The lowest BCUT2D eigenvalue weighted by atomic mass is 10.0. The Bertz CT molecular complexity index is 1220. The Morgan fingerprint density at radius 1 is 1.16 bits per heavy atom. The molecule has 5 nitrogen and oxygen atoms in total. The molecule has 0 radical (unpaired) electrons. The van der Waals surface area contributed by atoms with Crippen LogP contribution in [0.3, 0.4) is 0 Å².